The second kappa shape index (κ2) is 8.89. The molecule has 1 amide bonds. The third kappa shape index (κ3) is 5.01. The van der Waals surface area contributed by atoms with Crippen LogP contribution in [0.5, 0.6) is 11.5 Å². The van der Waals surface area contributed by atoms with Crippen molar-refractivity contribution >= 4 is 17.6 Å². The molecule has 6 nitrogen and oxygen atoms in total. The lowest BCUT2D eigenvalue weighted by molar-refractivity contribution is -0.123. The van der Waals surface area contributed by atoms with Crippen LogP contribution in [0, 0.1) is 0 Å². The Balaban J connectivity index is 1.63. The summed E-state index contributed by atoms with van der Waals surface area (Å²) in [5.41, 5.74) is 3.19. The van der Waals surface area contributed by atoms with Crippen LogP contribution in [0.1, 0.15) is 34.8 Å². The third-order valence-corrected chi connectivity index (χ3v) is 4.63. The number of hydrogen-bond donors (Lipinski definition) is 1. The molecule has 0 heterocycles. The van der Waals surface area contributed by atoms with E-state index in [1.54, 1.807) is 0 Å². The van der Waals surface area contributed by atoms with Gasteiger partial charge in [-0.2, -0.15) is 8.78 Å². The minimum Gasteiger partial charge on any atom is -0.493 e. The summed E-state index contributed by atoms with van der Waals surface area (Å²) in [5.74, 6) is -1.51. The van der Waals surface area contributed by atoms with E-state index in [-0.39, 0.29) is 17.1 Å². The van der Waals surface area contributed by atoms with Gasteiger partial charge in [-0.05, 0) is 67.6 Å². The molecule has 0 spiro atoms. The van der Waals surface area contributed by atoms with Gasteiger partial charge in [0.15, 0.2) is 17.6 Å². The number of benzene rings is 2. The van der Waals surface area contributed by atoms with Crippen molar-refractivity contribution in [3.05, 3.63) is 53.1 Å². The van der Waals surface area contributed by atoms with Crippen LogP contribution in [-0.2, 0) is 22.4 Å². The zero-order valence-electron chi connectivity index (χ0n) is 16.0. The molecule has 154 valence electrons. The number of ether oxygens (including phenoxy) is 3. The second-order valence-corrected chi connectivity index (χ2v) is 6.62. The minimum absolute atomic E-state index is 0.0423. The lowest BCUT2D eigenvalue weighted by Gasteiger charge is -2.15. The molecule has 0 aromatic heterocycles. The zero-order valence-corrected chi connectivity index (χ0v) is 16.0. The van der Waals surface area contributed by atoms with Crippen LogP contribution in [0.25, 0.3) is 0 Å². The zero-order chi connectivity index (χ0) is 21.0. The summed E-state index contributed by atoms with van der Waals surface area (Å²) in [6.07, 6.45) is 2.07. The number of anilines is 1. The number of esters is 1. The molecule has 1 atom stereocenters. The SMILES string of the molecule is COc1cc(C(=O)O[C@H](C)C(=O)Nc2ccc3c(c2)CCC3)ccc1OC(F)F. The molecule has 0 saturated heterocycles. The van der Waals surface area contributed by atoms with Gasteiger partial charge in [-0.15, -0.1) is 0 Å². The molecule has 0 fully saturated rings. The van der Waals surface area contributed by atoms with E-state index in [2.05, 4.69) is 10.1 Å². The van der Waals surface area contributed by atoms with Crippen molar-refractivity contribution in [2.24, 2.45) is 0 Å². The predicted octanol–water partition coefficient (Wildman–Crippen LogP) is 3.97. The van der Waals surface area contributed by atoms with E-state index in [4.69, 9.17) is 9.47 Å². The number of amides is 1. The molecule has 2 aromatic rings. The highest BCUT2D eigenvalue weighted by Crippen LogP contribution is 2.30. The Labute approximate surface area is 166 Å². The van der Waals surface area contributed by atoms with Gasteiger partial charge in [-0.1, -0.05) is 6.07 Å². The van der Waals surface area contributed by atoms with E-state index in [0.717, 1.165) is 19.3 Å². The van der Waals surface area contributed by atoms with Gasteiger partial charge in [0.05, 0.1) is 12.7 Å². The topological polar surface area (TPSA) is 73.9 Å². The Kier molecular flexibility index (Phi) is 6.31. The Morgan fingerprint density at radius 3 is 2.52 bits per heavy atom. The second-order valence-electron chi connectivity index (χ2n) is 6.62. The van der Waals surface area contributed by atoms with Crippen molar-refractivity contribution in [2.45, 2.75) is 38.9 Å². The smallest absolute Gasteiger partial charge is 0.387 e. The number of alkyl halides is 2. The van der Waals surface area contributed by atoms with Crippen LogP contribution < -0.4 is 14.8 Å². The first-order chi connectivity index (χ1) is 13.9. The number of rotatable bonds is 7. The van der Waals surface area contributed by atoms with E-state index in [1.807, 2.05) is 18.2 Å². The first-order valence-electron chi connectivity index (χ1n) is 9.14. The molecule has 0 radical (unpaired) electrons. The van der Waals surface area contributed by atoms with Gasteiger partial charge in [0.2, 0.25) is 0 Å². The fourth-order valence-corrected chi connectivity index (χ4v) is 3.16. The van der Waals surface area contributed by atoms with Crippen molar-refractivity contribution in [3.63, 3.8) is 0 Å². The number of nitrogens with one attached hydrogen (secondary N) is 1. The van der Waals surface area contributed by atoms with Gasteiger partial charge in [0.25, 0.3) is 5.91 Å². The fourth-order valence-electron chi connectivity index (χ4n) is 3.16. The lowest BCUT2D eigenvalue weighted by atomic mass is 10.1. The number of hydrogen-bond acceptors (Lipinski definition) is 5. The van der Waals surface area contributed by atoms with Crippen molar-refractivity contribution in [1.82, 2.24) is 0 Å². The summed E-state index contributed by atoms with van der Waals surface area (Å²) >= 11 is 0. The molecule has 1 aliphatic rings. The van der Waals surface area contributed by atoms with Gasteiger partial charge in [-0.25, -0.2) is 4.79 Å². The number of aryl methyl sites for hydroxylation is 2. The van der Waals surface area contributed by atoms with E-state index in [1.165, 1.54) is 43.4 Å². The highest BCUT2D eigenvalue weighted by Gasteiger charge is 2.21. The fraction of sp³-hybridized carbons (Fsp3) is 0.333. The summed E-state index contributed by atoms with van der Waals surface area (Å²) < 4.78 is 39.3. The number of carbonyl (C=O) groups excluding carboxylic acids is 2. The minimum atomic E-state index is -3.02. The lowest BCUT2D eigenvalue weighted by Crippen LogP contribution is -2.30. The number of methoxy groups -OCH3 is 1. The van der Waals surface area contributed by atoms with Crippen molar-refractivity contribution < 1.29 is 32.6 Å². The van der Waals surface area contributed by atoms with Gasteiger partial charge < -0.3 is 19.5 Å². The number of halogens is 2. The Morgan fingerprint density at radius 1 is 1.03 bits per heavy atom. The maximum absolute atomic E-state index is 12.4. The van der Waals surface area contributed by atoms with Crippen molar-refractivity contribution in [3.8, 4) is 11.5 Å². The monoisotopic (exact) mass is 405 g/mol. The predicted molar refractivity (Wildman–Crippen MR) is 102 cm³/mol. The molecule has 8 heteroatoms. The Bertz CT molecular complexity index is 916. The molecule has 2 aromatic carbocycles. The average molecular weight is 405 g/mol. The summed E-state index contributed by atoms with van der Waals surface area (Å²) in [5, 5.41) is 2.74. The summed E-state index contributed by atoms with van der Waals surface area (Å²) in [6, 6.07) is 9.39. The molecule has 1 N–H and O–H groups in total. The molecule has 0 bridgehead atoms. The Hall–Kier alpha value is -3.16. The maximum atomic E-state index is 12.4. The van der Waals surface area contributed by atoms with E-state index in [9.17, 15) is 18.4 Å². The summed E-state index contributed by atoms with van der Waals surface area (Å²) in [7, 11) is 1.26. The van der Waals surface area contributed by atoms with Crippen LogP contribution in [0.4, 0.5) is 14.5 Å². The van der Waals surface area contributed by atoms with E-state index >= 15 is 0 Å². The standard InChI is InChI=1S/C21H21F2NO5/c1-12(19(25)24-16-8-6-13-4-3-5-14(13)10-16)28-20(26)15-7-9-17(29-21(22)23)18(11-15)27-2/h6-12,21H,3-5H2,1-2H3,(H,24,25)/t12-/m1/s1. The van der Waals surface area contributed by atoms with Gasteiger partial charge >= 0.3 is 12.6 Å². The van der Waals surface area contributed by atoms with E-state index < -0.39 is 24.6 Å². The molecule has 29 heavy (non-hydrogen) atoms. The molecular weight excluding hydrogens is 384 g/mol. The first-order valence-corrected chi connectivity index (χ1v) is 9.14. The quantitative estimate of drug-likeness (QED) is 0.706. The summed E-state index contributed by atoms with van der Waals surface area (Å²) in [4.78, 5) is 24.7. The number of fused-ring (bicyclic) bond motifs is 1. The molecule has 0 saturated carbocycles. The Morgan fingerprint density at radius 2 is 1.79 bits per heavy atom. The third-order valence-electron chi connectivity index (χ3n) is 4.63. The molecule has 1 aliphatic carbocycles. The molecule has 0 unspecified atom stereocenters. The molecular formula is C21H21F2NO5. The van der Waals surface area contributed by atoms with Crippen LogP contribution in [0.15, 0.2) is 36.4 Å². The first kappa shape index (κ1) is 20.6. The van der Waals surface area contributed by atoms with Crippen LogP contribution in [0.2, 0.25) is 0 Å². The molecule has 0 aliphatic heterocycles. The average Bonchev–Trinajstić information content (AvgIpc) is 3.15. The summed E-state index contributed by atoms with van der Waals surface area (Å²) in [6.45, 7) is -1.57. The van der Waals surface area contributed by atoms with Crippen LogP contribution in [0.3, 0.4) is 0 Å². The van der Waals surface area contributed by atoms with Crippen LogP contribution in [-0.4, -0.2) is 31.7 Å². The largest absolute Gasteiger partial charge is 0.493 e. The van der Waals surface area contributed by atoms with Crippen molar-refractivity contribution in [1.29, 1.82) is 0 Å². The molecule has 3 rings (SSSR count). The maximum Gasteiger partial charge on any atom is 0.387 e. The van der Waals surface area contributed by atoms with E-state index in [0.29, 0.717) is 5.69 Å². The van der Waals surface area contributed by atoms with Crippen LogP contribution >= 0.6 is 0 Å². The number of carbonyl (C=O) groups is 2. The van der Waals surface area contributed by atoms with Gasteiger partial charge in [0, 0.05) is 5.69 Å². The normalized spacial score (nSPS) is 13.6. The van der Waals surface area contributed by atoms with Crippen molar-refractivity contribution in [2.75, 3.05) is 12.4 Å². The van der Waals surface area contributed by atoms with Gasteiger partial charge in [-0.3, -0.25) is 4.79 Å². The van der Waals surface area contributed by atoms with Gasteiger partial charge in [0.1, 0.15) is 0 Å². The highest BCUT2D eigenvalue weighted by atomic mass is 19.3. The highest BCUT2D eigenvalue weighted by molar-refractivity contribution is 5.97.